The lowest BCUT2D eigenvalue weighted by Gasteiger charge is -2.17. The van der Waals surface area contributed by atoms with Gasteiger partial charge in [-0.25, -0.2) is 4.98 Å². The van der Waals surface area contributed by atoms with Gasteiger partial charge in [-0.3, -0.25) is 0 Å². The number of fused-ring (bicyclic) bond motifs is 1. The van der Waals surface area contributed by atoms with Crippen LogP contribution >= 0.6 is 11.8 Å². The Kier molecular flexibility index (Phi) is 6.58. The molecule has 130 valence electrons. The van der Waals surface area contributed by atoms with Crippen LogP contribution in [0.5, 0.6) is 0 Å². The molecule has 0 bridgehead atoms. The molecular formula is C19H27N3OS. The molecule has 1 aliphatic rings. The SMILES string of the molecule is ON=C1CCCCCCCCCCC1Sc1nc2ccccc2[nH]1. The molecular weight excluding hydrogens is 318 g/mol. The molecule has 1 aromatic carbocycles. The molecule has 1 atom stereocenters. The molecule has 1 fully saturated rings. The number of rotatable bonds is 2. The summed E-state index contributed by atoms with van der Waals surface area (Å²) in [5.74, 6) is 0. The minimum atomic E-state index is 0.218. The van der Waals surface area contributed by atoms with Crippen molar-refractivity contribution in [3.63, 3.8) is 0 Å². The fourth-order valence-electron chi connectivity index (χ4n) is 3.39. The lowest BCUT2D eigenvalue weighted by Crippen LogP contribution is -2.18. The monoisotopic (exact) mass is 345 g/mol. The van der Waals surface area contributed by atoms with Crippen molar-refractivity contribution in [2.45, 2.75) is 74.6 Å². The van der Waals surface area contributed by atoms with Crippen LogP contribution in [0.2, 0.25) is 0 Å². The summed E-state index contributed by atoms with van der Waals surface area (Å²) >= 11 is 1.72. The minimum Gasteiger partial charge on any atom is -0.411 e. The molecule has 3 rings (SSSR count). The van der Waals surface area contributed by atoms with Crippen LogP contribution in [0, 0.1) is 0 Å². The van der Waals surface area contributed by atoms with Crippen molar-refractivity contribution >= 4 is 28.5 Å². The molecule has 0 saturated heterocycles. The molecule has 2 N–H and O–H groups in total. The van der Waals surface area contributed by atoms with E-state index in [2.05, 4.69) is 21.2 Å². The normalized spacial score (nSPS) is 23.0. The number of oxime groups is 1. The maximum Gasteiger partial charge on any atom is 0.167 e. The van der Waals surface area contributed by atoms with Gasteiger partial charge in [0.15, 0.2) is 5.16 Å². The third-order valence-electron chi connectivity index (χ3n) is 4.77. The van der Waals surface area contributed by atoms with Crippen molar-refractivity contribution < 1.29 is 5.21 Å². The van der Waals surface area contributed by atoms with Gasteiger partial charge in [-0.2, -0.15) is 0 Å². The van der Waals surface area contributed by atoms with E-state index < -0.39 is 0 Å². The number of thioether (sulfide) groups is 1. The molecule has 4 nitrogen and oxygen atoms in total. The predicted octanol–water partition coefficient (Wildman–Crippen LogP) is 5.77. The Morgan fingerprint density at radius 2 is 1.71 bits per heavy atom. The van der Waals surface area contributed by atoms with Crippen molar-refractivity contribution in [2.24, 2.45) is 5.16 Å². The van der Waals surface area contributed by atoms with E-state index in [1.807, 2.05) is 18.2 Å². The number of hydrogen-bond donors (Lipinski definition) is 2. The first-order valence-corrected chi connectivity index (χ1v) is 10.1. The van der Waals surface area contributed by atoms with Crippen LogP contribution in [0.1, 0.15) is 64.2 Å². The molecule has 2 aromatic rings. The third kappa shape index (κ3) is 4.76. The summed E-state index contributed by atoms with van der Waals surface area (Å²) in [5.41, 5.74) is 2.99. The van der Waals surface area contributed by atoms with E-state index in [1.165, 1.54) is 44.9 Å². The van der Waals surface area contributed by atoms with E-state index in [4.69, 9.17) is 0 Å². The Balaban J connectivity index is 1.72. The second-order valence-electron chi connectivity index (χ2n) is 6.62. The number of nitrogens with one attached hydrogen (secondary N) is 1. The standard InChI is InChI=1S/C19H27N3OS/c23-22-17-13-7-5-3-1-2-4-6-8-14-18(17)24-19-20-15-11-9-10-12-16(15)21-19/h9-12,18,23H,1-8,13-14H2,(H,20,21). The molecule has 1 aliphatic carbocycles. The van der Waals surface area contributed by atoms with Crippen LogP contribution in [-0.4, -0.2) is 26.1 Å². The van der Waals surface area contributed by atoms with E-state index in [-0.39, 0.29) is 5.25 Å². The van der Waals surface area contributed by atoms with Gasteiger partial charge in [0.1, 0.15) is 0 Å². The smallest absolute Gasteiger partial charge is 0.167 e. The Hall–Kier alpha value is -1.49. The fourth-order valence-corrected chi connectivity index (χ4v) is 4.56. The summed E-state index contributed by atoms with van der Waals surface area (Å²) in [4.78, 5) is 8.06. The van der Waals surface area contributed by atoms with Gasteiger partial charge in [-0.05, 0) is 31.4 Å². The Bertz CT molecular complexity index is 634. The van der Waals surface area contributed by atoms with Crippen molar-refractivity contribution in [3.8, 4) is 0 Å². The zero-order valence-corrected chi connectivity index (χ0v) is 15.0. The molecule has 0 spiro atoms. The minimum absolute atomic E-state index is 0.218. The number of aromatic nitrogens is 2. The first-order chi connectivity index (χ1) is 11.9. The average molecular weight is 346 g/mol. The van der Waals surface area contributed by atoms with Gasteiger partial charge in [0.05, 0.1) is 22.0 Å². The highest BCUT2D eigenvalue weighted by Gasteiger charge is 2.20. The van der Waals surface area contributed by atoms with Gasteiger partial charge in [0.2, 0.25) is 0 Å². The maximum absolute atomic E-state index is 9.53. The van der Waals surface area contributed by atoms with Gasteiger partial charge in [0, 0.05) is 0 Å². The van der Waals surface area contributed by atoms with E-state index in [9.17, 15) is 5.21 Å². The lowest BCUT2D eigenvalue weighted by molar-refractivity contribution is 0.315. The summed E-state index contributed by atoms with van der Waals surface area (Å²) in [6.07, 6.45) is 12.1. The zero-order valence-electron chi connectivity index (χ0n) is 14.2. The lowest BCUT2D eigenvalue weighted by atomic mass is 9.99. The van der Waals surface area contributed by atoms with Crippen molar-refractivity contribution in [1.29, 1.82) is 0 Å². The van der Waals surface area contributed by atoms with Crippen LogP contribution in [-0.2, 0) is 0 Å². The molecule has 1 saturated carbocycles. The quantitative estimate of drug-likeness (QED) is 0.536. The molecule has 5 heteroatoms. The molecule has 1 unspecified atom stereocenters. The van der Waals surface area contributed by atoms with Gasteiger partial charge >= 0.3 is 0 Å². The average Bonchev–Trinajstić information content (AvgIpc) is 3.00. The Morgan fingerprint density at radius 1 is 1.00 bits per heavy atom. The highest BCUT2D eigenvalue weighted by molar-refractivity contribution is 8.00. The number of para-hydroxylation sites is 2. The number of imidazole rings is 1. The topological polar surface area (TPSA) is 61.3 Å². The van der Waals surface area contributed by atoms with Crippen LogP contribution in [0.15, 0.2) is 34.6 Å². The molecule has 0 amide bonds. The number of hydrogen-bond acceptors (Lipinski definition) is 4. The van der Waals surface area contributed by atoms with E-state index in [1.54, 1.807) is 11.8 Å². The fraction of sp³-hybridized carbons (Fsp3) is 0.579. The van der Waals surface area contributed by atoms with Crippen LogP contribution in [0.3, 0.4) is 0 Å². The molecule has 1 heterocycles. The van der Waals surface area contributed by atoms with Crippen molar-refractivity contribution in [1.82, 2.24) is 9.97 Å². The third-order valence-corrected chi connectivity index (χ3v) is 5.98. The van der Waals surface area contributed by atoms with Gasteiger partial charge in [0.25, 0.3) is 0 Å². The zero-order chi connectivity index (χ0) is 16.6. The molecule has 0 aliphatic heterocycles. The van der Waals surface area contributed by atoms with E-state index >= 15 is 0 Å². The summed E-state index contributed by atoms with van der Waals surface area (Å²) in [6.45, 7) is 0. The van der Waals surface area contributed by atoms with Crippen LogP contribution in [0.25, 0.3) is 11.0 Å². The summed E-state index contributed by atoms with van der Waals surface area (Å²) < 4.78 is 0. The largest absolute Gasteiger partial charge is 0.411 e. The van der Waals surface area contributed by atoms with Crippen LogP contribution < -0.4 is 0 Å². The second-order valence-corrected chi connectivity index (χ2v) is 7.82. The van der Waals surface area contributed by atoms with Crippen LogP contribution in [0.4, 0.5) is 0 Å². The van der Waals surface area contributed by atoms with Crippen molar-refractivity contribution in [2.75, 3.05) is 0 Å². The number of benzene rings is 1. The highest BCUT2D eigenvalue weighted by Crippen LogP contribution is 2.30. The Labute approximate surface area is 148 Å². The predicted molar refractivity (Wildman–Crippen MR) is 101 cm³/mol. The first-order valence-electron chi connectivity index (χ1n) is 9.19. The number of H-pyrrole nitrogens is 1. The second kappa shape index (κ2) is 9.11. The van der Waals surface area contributed by atoms with E-state index in [0.29, 0.717) is 0 Å². The number of nitrogens with zero attached hydrogens (tertiary/aromatic N) is 2. The summed E-state index contributed by atoms with van der Waals surface area (Å²) in [6, 6.07) is 8.10. The van der Waals surface area contributed by atoms with E-state index in [0.717, 1.165) is 41.2 Å². The first kappa shape index (κ1) is 17.3. The maximum atomic E-state index is 9.53. The number of aromatic amines is 1. The molecule has 24 heavy (non-hydrogen) atoms. The Morgan fingerprint density at radius 3 is 2.46 bits per heavy atom. The molecule has 0 radical (unpaired) electrons. The highest BCUT2D eigenvalue weighted by atomic mass is 32.2. The summed E-state index contributed by atoms with van der Waals surface area (Å²) in [5, 5.41) is 14.3. The van der Waals surface area contributed by atoms with Gasteiger partial charge < -0.3 is 10.2 Å². The van der Waals surface area contributed by atoms with Gasteiger partial charge in [-0.15, -0.1) is 0 Å². The molecule has 1 aromatic heterocycles. The summed E-state index contributed by atoms with van der Waals surface area (Å²) in [7, 11) is 0. The van der Waals surface area contributed by atoms with Crippen molar-refractivity contribution in [3.05, 3.63) is 24.3 Å². The van der Waals surface area contributed by atoms with Gasteiger partial charge in [-0.1, -0.05) is 74.0 Å².